The van der Waals surface area contributed by atoms with Gasteiger partial charge in [0.05, 0.1) is 39.0 Å². The maximum absolute atomic E-state index is 8.01. The predicted molar refractivity (Wildman–Crippen MR) is 220 cm³/mol. The smallest absolute Gasteiger partial charge is 0.0724 e. The zero-order valence-corrected chi connectivity index (χ0v) is 28.3. The first-order valence-electron chi connectivity index (χ1n) is 17.5. The van der Waals surface area contributed by atoms with Crippen molar-refractivity contribution in [2.45, 2.75) is 0 Å². The first-order valence-corrected chi connectivity index (χ1v) is 17.5. The fourth-order valence-corrected chi connectivity index (χ4v) is 8.08. The number of rotatable bonds is 6. The number of hydrogen-bond donors (Lipinski definition) is 1. The summed E-state index contributed by atoms with van der Waals surface area (Å²) in [6, 6.07) is 56.5. The second-order valence-corrected chi connectivity index (χ2v) is 13.2. The van der Waals surface area contributed by atoms with Crippen molar-refractivity contribution >= 4 is 71.7 Å². The second kappa shape index (κ2) is 11.8. The van der Waals surface area contributed by atoms with Gasteiger partial charge in [-0.15, -0.1) is 0 Å². The summed E-state index contributed by atoms with van der Waals surface area (Å²) in [7, 11) is 0. The van der Waals surface area contributed by atoms with Crippen molar-refractivity contribution in [2.24, 2.45) is 0 Å². The van der Waals surface area contributed by atoms with Crippen LogP contribution in [0.4, 0.5) is 0 Å². The Labute approximate surface area is 300 Å². The number of fused-ring (bicyclic) bond motifs is 12. The lowest BCUT2D eigenvalue weighted by molar-refractivity contribution is 1.18. The highest BCUT2D eigenvalue weighted by Gasteiger charge is 2.20. The summed E-state index contributed by atoms with van der Waals surface area (Å²) in [4.78, 5) is 5.07. The minimum absolute atomic E-state index is 0.710. The van der Waals surface area contributed by atoms with Crippen LogP contribution in [-0.2, 0) is 0 Å². The Kier molecular flexibility index (Phi) is 6.76. The molecule has 4 heterocycles. The van der Waals surface area contributed by atoms with Crippen molar-refractivity contribution in [3.05, 3.63) is 182 Å². The number of nitrogens with one attached hydrogen (secondary N) is 1. The molecule has 0 fully saturated rings. The van der Waals surface area contributed by atoms with Crippen molar-refractivity contribution in [2.75, 3.05) is 0 Å². The Morgan fingerprint density at radius 2 is 1.17 bits per heavy atom. The molecule has 4 heteroatoms. The molecule has 0 radical (unpaired) electrons. The first kappa shape index (κ1) is 29.8. The summed E-state index contributed by atoms with van der Waals surface area (Å²) in [5.41, 5.74) is 12.5. The third-order valence-electron chi connectivity index (χ3n) is 10.3. The highest BCUT2D eigenvalue weighted by Crippen LogP contribution is 2.42. The molecule has 52 heavy (non-hydrogen) atoms. The van der Waals surface area contributed by atoms with E-state index in [1.807, 2.05) is 24.3 Å². The van der Waals surface area contributed by atoms with E-state index >= 15 is 0 Å². The average Bonchev–Trinajstić information content (AvgIpc) is 3.77. The minimum Gasteiger partial charge on any atom is -0.309 e. The van der Waals surface area contributed by atoms with Gasteiger partial charge in [-0.25, -0.2) is 4.98 Å². The molecule has 1 N–H and O–H groups in total. The number of aromatic nitrogens is 3. The second-order valence-electron chi connectivity index (χ2n) is 13.2. The molecule has 0 unspecified atom stereocenters. The van der Waals surface area contributed by atoms with Crippen molar-refractivity contribution in [1.82, 2.24) is 14.0 Å². The molecule has 0 saturated heterocycles. The number of pyridine rings is 2. The topological polar surface area (TPSA) is 46.1 Å². The van der Waals surface area contributed by atoms with E-state index in [4.69, 9.17) is 10.4 Å². The number of para-hydroxylation sites is 2. The van der Waals surface area contributed by atoms with E-state index < -0.39 is 0 Å². The molecule has 4 nitrogen and oxygen atoms in total. The zero-order chi connectivity index (χ0) is 34.8. The quantitative estimate of drug-likeness (QED) is 0.107. The van der Waals surface area contributed by atoms with Crippen LogP contribution < -0.4 is 0 Å². The van der Waals surface area contributed by atoms with Crippen molar-refractivity contribution < 1.29 is 0 Å². The summed E-state index contributed by atoms with van der Waals surface area (Å²) < 4.78 is 4.88. The van der Waals surface area contributed by atoms with Crippen LogP contribution in [0, 0.1) is 5.41 Å². The lowest BCUT2D eigenvalue weighted by Gasteiger charge is -2.14. The molecule has 0 atom stereocenters. The van der Waals surface area contributed by atoms with Crippen LogP contribution in [0.1, 0.15) is 5.69 Å². The first-order chi connectivity index (χ1) is 25.7. The van der Waals surface area contributed by atoms with Crippen LogP contribution in [0.2, 0.25) is 0 Å². The summed E-state index contributed by atoms with van der Waals surface area (Å²) in [5, 5.41) is 15.4. The highest BCUT2D eigenvalue weighted by atomic mass is 15.0. The minimum atomic E-state index is 0.710. The number of hydrogen-bond acceptors (Lipinski definition) is 2. The fourth-order valence-electron chi connectivity index (χ4n) is 8.08. The summed E-state index contributed by atoms with van der Waals surface area (Å²) in [6.45, 7) is 3.84. The van der Waals surface area contributed by atoms with E-state index in [1.165, 1.54) is 60.6 Å². The average molecular weight is 665 g/mol. The molecule has 10 aromatic rings. The van der Waals surface area contributed by atoms with E-state index in [9.17, 15) is 0 Å². The molecule has 0 saturated carbocycles. The Morgan fingerprint density at radius 1 is 0.519 bits per heavy atom. The Morgan fingerprint density at radius 3 is 1.94 bits per heavy atom. The maximum atomic E-state index is 8.01. The molecular weight excluding hydrogens is 633 g/mol. The SMILES string of the molecule is C=C/C=C(\C=N)c1cccc(-c2cc(-c3ccccc3)cc(-n3c4ccccc4c4ccc5c(cc6c7ccccc7c7ccccc7n65)c43)c2)n1. The normalized spacial score (nSPS) is 12.1. The van der Waals surface area contributed by atoms with E-state index in [2.05, 4.69) is 155 Å². The maximum Gasteiger partial charge on any atom is 0.0724 e. The Hall–Kier alpha value is -7.04. The summed E-state index contributed by atoms with van der Waals surface area (Å²) in [6.07, 6.45) is 4.85. The van der Waals surface area contributed by atoms with Gasteiger partial charge >= 0.3 is 0 Å². The van der Waals surface area contributed by atoms with Gasteiger partial charge in [0, 0.05) is 50.0 Å². The van der Waals surface area contributed by atoms with Gasteiger partial charge < -0.3 is 14.4 Å². The Bertz CT molecular complexity index is 3100. The van der Waals surface area contributed by atoms with Gasteiger partial charge in [0.2, 0.25) is 0 Å². The van der Waals surface area contributed by atoms with E-state index in [-0.39, 0.29) is 0 Å². The van der Waals surface area contributed by atoms with Crippen LogP contribution in [0.5, 0.6) is 0 Å². The molecule has 0 aliphatic heterocycles. The van der Waals surface area contributed by atoms with Gasteiger partial charge in [0.1, 0.15) is 0 Å². The van der Waals surface area contributed by atoms with Gasteiger partial charge in [-0.2, -0.15) is 0 Å². The molecule has 0 amide bonds. The predicted octanol–water partition coefficient (Wildman–Crippen LogP) is 12.4. The molecule has 244 valence electrons. The van der Waals surface area contributed by atoms with E-state index in [0.717, 1.165) is 39.3 Å². The molecule has 0 aliphatic rings. The van der Waals surface area contributed by atoms with E-state index in [1.54, 1.807) is 6.08 Å². The lowest BCUT2D eigenvalue weighted by Crippen LogP contribution is -1.98. The molecule has 0 aliphatic carbocycles. The monoisotopic (exact) mass is 664 g/mol. The van der Waals surface area contributed by atoms with Gasteiger partial charge in [-0.05, 0) is 71.1 Å². The molecule has 0 spiro atoms. The molecule has 4 aromatic heterocycles. The number of nitrogens with zero attached hydrogens (tertiary/aromatic N) is 3. The fraction of sp³-hybridized carbons (Fsp3) is 0. The molecule has 6 aromatic carbocycles. The zero-order valence-electron chi connectivity index (χ0n) is 28.3. The molecule has 0 bridgehead atoms. The standard InChI is InChI=1S/C48H32N4/c1-2-13-32(30-49)42-20-12-21-43(50-42)34-26-33(31-14-4-3-5-15-31)27-35(28-34)51-44-22-10-9-19-39(44)40-24-25-46-41(48(40)51)29-47-38-18-7-6-16-36(38)37-17-8-11-23-45(37)52(46)47/h2-30,49H,1H2/b32-13+,49-30?. The van der Waals surface area contributed by atoms with Crippen LogP contribution in [0.3, 0.4) is 0 Å². The third-order valence-corrected chi connectivity index (χ3v) is 10.3. The van der Waals surface area contributed by atoms with Crippen molar-refractivity contribution in [3.63, 3.8) is 0 Å². The number of allylic oxidation sites excluding steroid dienone is 3. The molecule has 10 rings (SSSR count). The van der Waals surface area contributed by atoms with Gasteiger partial charge in [-0.1, -0.05) is 122 Å². The van der Waals surface area contributed by atoms with Crippen molar-refractivity contribution in [1.29, 1.82) is 5.41 Å². The molecular formula is C48H32N4. The Balaban J connectivity index is 1.33. The number of benzene rings is 6. The largest absolute Gasteiger partial charge is 0.309 e. The third kappa shape index (κ3) is 4.48. The van der Waals surface area contributed by atoms with Gasteiger partial charge in [0.15, 0.2) is 0 Å². The van der Waals surface area contributed by atoms with Crippen LogP contribution in [-0.4, -0.2) is 20.2 Å². The summed E-state index contributed by atoms with van der Waals surface area (Å²) in [5.74, 6) is 0. The highest BCUT2D eigenvalue weighted by molar-refractivity contribution is 6.23. The van der Waals surface area contributed by atoms with Crippen LogP contribution in [0.15, 0.2) is 176 Å². The summed E-state index contributed by atoms with van der Waals surface area (Å²) >= 11 is 0. The van der Waals surface area contributed by atoms with Gasteiger partial charge in [0.25, 0.3) is 0 Å². The van der Waals surface area contributed by atoms with Gasteiger partial charge in [-0.3, -0.25) is 0 Å². The van der Waals surface area contributed by atoms with E-state index in [0.29, 0.717) is 5.57 Å². The van der Waals surface area contributed by atoms with Crippen molar-refractivity contribution in [3.8, 4) is 28.1 Å². The van der Waals surface area contributed by atoms with Crippen LogP contribution in [0.25, 0.3) is 93.5 Å². The lowest BCUT2D eigenvalue weighted by atomic mass is 9.99. The van der Waals surface area contributed by atoms with Crippen LogP contribution >= 0.6 is 0 Å².